The molecule has 0 unspecified atom stereocenters. The first-order valence-electron chi connectivity index (χ1n) is 4.54. The Hall–Kier alpha value is -1.51. The van der Waals surface area contributed by atoms with Crippen LogP contribution in [0.3, 0.4) is 0 Å². The predicted molar refractivity (Wildman–Crippen MR) is 45.2 cm³/mol. The Labute approximate surface area is 69.6 Å². The molecule has 1 amide bonds. The molecule has 1 aromatic carbocycles. The molecule has 0 spiro atoms. The molecule has 0 radical (unpaired) electrons. The highest BCUT2D eigenvalue weighted by Gasteiger charge is 1.92. The first-order valence-corrected chi connectivity index (χ1v) is 3.20. The van der Waals surface area contributed by atoms with E-state index >= 15 is 0 Å². The third-order valence-electron chi connectivity index (χ3n) is 1.14. The maximum Gasteiger partial charge on any atom is 0.221 e. The van der Waals surface area contributed by atoms with Crippen molar-refractivity contribution in [3.63, 3.8) is 0 Å². The maximum atomic E-state index is 10.8. The Balaban J connectivity index is 2.88. The van der Waals surface area contributed by atoms with Crippen molar-refractivity contribution in [3.05, 3.63) is 24.3 Å². The number of benzene rings is 1. The molecule has 0 heterocycles. The van der Waals surface area contributed by atoms with Crippen LogP contribution in [0.4, 0.5) is 11.4 Å². The number of rotatable bonds is 2. The number of nitrogen functional groups attached to an aromatic ring is 1. The van der Waals surface area contributed by atoms with Crippen molar-refractivity contribution in [3.8, 4) is 0 Å². The number of carbonyl (C=O) groups excluding carboxylic acids is 1. The lowest BCUT2D eigenvalue weighted by molar-refractivity contribution is -0.114. The van der Waals surface area contributed by atoms with Crippen molar-refractivity contribution >= 4 is 17.3 Å². The number of hydrogen-bond acceptors (Lipinski definition) is 2. The predicted octanol–water partition coefficient (Wildman–Crippen LogP) is 1.23. The molecule has 3 heteroatoms. The van der Waals surface area contributed by atoms with Crippen LogP contribution in [0.15, 0.2) is 24.3 Å². The summed E-state index contributed by atoms with van der Waals surface area (Å²) >= 11 is 0. The maximum absolute atomic E-state index is 10.8. The van der Waals surface area contributed by atoms with Crippen LogP contribution in [0, 0.1) is 0 Å². The highest BCUT2D eigenvalue weighted by Crippen LogP contribution is 2.09. The molecule has 0 bridgehead atoms. The standard InChI is InChI=1S/C8H10N2O/c1-6(11)10-8-4-2-7(9)3-5-8/h2-5H,9H2,1H3,(H,10,11)/i/hD3. The quantitative estimate of drug-likeness (QED) is 0.628. The second-order valence-corrected chi connectivity index (χ2v) is 2.15. The summed E-state index contributed by atoms with van der Waals surface area (Å²) in [5.74, 6) is -0.383. The van der Waals surface area contributed by atoms with E-state index in [2.05, 4.69) is 0 Å². The Morgan fingerprint density at radius 1 is 1.64 bits per heavy atom. The zero-order chi connectivity index (χ0) is 10.7. The van der Waals surface area contributed by atoms with Crippen molar-refractivity contribution < 1.29 is 9.03 Å². The fourth-order valence-electron chi connectivity index (χ4n) is 0.709. The van der Waals surface area contributed by atoms with E-state index in [-0.39, 0.29) is 5.91 Å². The van der Waals surface area contributed by atoms with E-state index in [4.69, 9.17) is 4.24 Å². The second-order valence-electron chi connectivity index (χ2n) is 2.15. The Morgan fingerprint density at radius 2 is 2.27 bits per heavy atom. The normalized spacial score (nSPS) is 12.6. The largest absolute Gasteiger partial charge is 0.399 e. The molecular formula is C8H10N2O. The average molecular weight is 153 g/mol. The summed E-state index contributed by atoms with van der Waals surface area (Å²) < 4.78 is 21.2. The van der Waals surface area contributed by atoms with Crippen LogP contribution >= 0.6 is 0 Å². The summed E-state index contributed by atoms with van der Waals surface area (Å²) in [5, 5.41) is 0.752. The number of amides is 1. The lowest BCUT2D eigenvalue weighted by Crippen LogP contribution is -2.05. The molecule has 0 saturated heterocycles. The van der Waals surface area contributed by atoms with Gasteiger partial charge >= 0.3 is 0 Å². The number of anilines is 2. The lowest BCUT2D eigenvalue weighted by Gasteiger charge is -2.00. The molecule has 1 rings (SSSR count). The first kappa shape index (κ1) is 4.38. The first-order chi connectivity index (χ1) is 6.52. The van der Waals surface area contributed by atoms with E-state index in [0.717, 1.165) is 5.31 Å². The van der Waals surface area contributed by atoms with Gasteiger partial charge in [0.15, 0.2) is 4.24 Å². The van der Waals surface area contributed by atoms with Crippen LogP contribution in [-0.2, 0) is 4.79 Å². The van der Waals surface area contributed by atoms with Crippen LogP contribution in [-0.4, -0.2) is 5.91 Å². The summed E-state index contributed by atoms with van der Waals surface area (Å²) in [6, 6.07) is 6.03. The second kappa shape index (κ2) is 3.05. The van der Waals surface area contributed by atoms with Gasteiger partial charge in [0.05, 0.1) is 0 Å². The fourth-order valence-corrected chi connectivity index (χ4v) is 0.709. The van der Waals surface area contributed by atoms with Crippen LogP contribution in [0.2, 0.25) is 4.24 Å². The molecule has 0 saturated carbocycles. The van der Waals surface area contributed by atoms with Crippen LogP contribution < -0.4 is 11.0 Å². The van der Waals surface area contributed by atoms with Crippen LogP contribution in [0.5, 0.6) is 0 Å². The zero-order valence-corrected chi connectivity index (χ0v) is 6.11. The van der Waals surface area contributed by atoms with E-state index in [1.165, 1.54) is 31.2 Å². The monoisotopic (exact) mass is 153 g/mol. The summed E-state index contributed by atoms with van der Waals surface area (Å²) in [5.41, 5.74) is 1.26. The Kier molecular flexibility index (Phi) is 1.22. The Bertz CT molecular complexity index is 326. The smallest absolute Gasteiger partial charge is 0.221 e. The van der Waals surface area contributed by atoms with Crippen molar-refractivity contribution in [2.45, 2.75) is 6.92 Å². The molecule has 0 atom stereocenters. The minimum Gasteiger partial charge on any atom is -0.399 e. The molecular weight excluding hydrogens is 140 g/mol. The van der Waals surface area contributed by atoms with Gasteiger partial charge in [-0.1, -0.05) is 0 Å². The fraction of sp³-hybridized carbons (Fsp3) is 0.125. The van der Waals surface area contributed by atoms with Gasteiger partial charge < -0.3 is 11.0 Å². The van der Waals surface area contributed by atoms with E-state index in [0.29, 0.717) is 17.1 Å². The Morgan fingerprint density at radius 3 is 2.73 bits per heavy atom. The molecule has 0 aliphatic carbocycles. The van der Waals surface area contributed by atoms with Gasteiger partial charge in [-0.05, 0) is 24.3 Å². The third-order valence-corrected chi connectivity index (χ3v) is 1.14. The van der Waals surface area contributed by atoms with Gasteiger partial charge in [0.1, 0.15) is 0 Å². The highest BCUT2D eigenvalue weighted by molar-refractivity contribution is 5.88. The minimum absolute atomic E-state index is 0.380. The summed E-state index contributed by atoms with van der Waals surface area (Å²) in [6.45, 7) is 1.29. The van der Waals surface area contributed by atoms with Gasteiger partial charge in [-0.25, -0.2) is 0 Å². The average Bonchev–Trinajstić information content (AvgIpc) is 2.16. The van der Waals surface area contributed by atoms with Gasteiger partial charge in [-0.15, -0.1) is 0 Å². The summed E-state index contributed by atoms with van der Waals surface area (Å²) in [4.78, 5) is 10.8. The highest BCUT2D eigenvalue weighted by atomic mass is 16.1. The van der Waals surface area contributed by atoms with Gasteiger partial charge in [-0.3, -0.25) is 4.79 Å². The van der Waals surface area contributed by atoms with Crippen LogP contribution in [0.1, 0.15) is 6.92 Å². The van der Waals surface area contributed by atoms with Gasteiger partial charge in [0.25, 0.3) is 0 Å². The zero-order valence-electron chi connectivity index (χ0n) is 9.11. The number of hydrogen-bond donors (Lipinski definition) is 2. The molecule has 0 aliphatic heterocycles. The topological polar surface area (TPSA) is 55.1 Å². The van der Waals surface area contributed by atoms with Gasteiger partial charge in [-0.2, -0.15) is 0 Å². The van der Waals surface area contributed by atoms with Crippen LogP contribution in [0.25, 0.3) is 0 Å². The molecule has 0 fully saturated rings. The van der Waals surface area contributed by atoms with Crippen molar-refractivity contribution in [1.29, 1.82) is 0 Å². The molecule has 3 N–H and O–H groups in total. The van der Waals surface area contributed by atoms with Crippen molar-refractivity contribution in [2.75, 3.05) is 11.0 Å². The van der Waals surface area contributed by atoms with E-state index in [1.807, 2.05) is 0 Å². The molecule has 0 aliphatic rings. The van der Waals surface area contributed by atoms with E-state index < -0.39 is 0 Å². The molecule has 3 nitrogen and oxygen atoms in total. The third kappa shape index (κ3) is 2.29. The van der Waals surface area contributed by atoms with E-state index in [1.54, 1.807) is 0 Å². The number of carbonyl (C=O) groups is 1. The van der Waals surface area contributed by atoms with Gasteiger partial charge in [0, 0.05) is 18.3 Å². The van der Waals surface area contributed by atoms with Crippen molar-refractivity contribution in [1.82, 2.24) is 0 Å². The summed E-state index contributed by atoms with van der Waals surface area (Å²) in [6.07, 6.45) is 0. The molecule has 1 aromatic rings. The minimum atomic E-state index is -0.383. The van der Waals surface area contributed by atoms with Crippen molar-refractivity contribution in [2.24, 2.45) is 0 Å². The lowest BCUT2D eigenvalue weighted by atomic mass is 10.3. The molecule has 58 valence electrons. The van der Waals surface area contributed by atoms with Gasteiger partial charge in [0.2, 0.25) is 5.91 Å². The molecule has 0 aromatic heterocycles. The number of nitrogens with one attached hydrogen (secondary N) is 1. The number of nitrogens with two attached hydrogens (primary N) is 1. The van der Waals surface area contributed by atoms with E-state index in [9.17, 15) is 4.79 Å². The SMILES string of the molecule is [2H]N([2H])c1ccc(N([2H])C(C)=O)cc1. The summed E-state index contributed by atoms with van der Waals surface area (Å²) in [7, 11) is 0. The molecule has 11 heavy (non-hydrogen) atoms.